The van der Waals surface area contributed by atoms with Crippen molar-refractivity contribution in [3.05, 3.63) is 17.2 Å². The Bertz CT molecular complexity index is 1220. The molecule has 0 aliphatic heterocycles. The summed E-state index contributed by atoms with van der Waals surface area (Å²) in [6, 6.07) is 0.509. The molecular weight excluding hydrogens is 492 g/mol. The smallest absolute Gasteiger partial charge is 0.235 e. The van der Waals surface area contributed by atoms with Crippen molar-refractivity contribution < 1.29 is 34.2 Å². The SMILES string of the molecule is CCCN(CCC)c1cc(N)c(O)c2c1CC1CC3[C@H](N(C)C)C(=O)C(C(N)=O)C(=O)[C@@]3(O)C(=O)C1C2=O. The number of Topliss-reactive ketones (excluding diaryl/α,β-unsaturated/α-hetero) is 4. The number of primary amides is 1. The molecule has 6 N–H and O–H groups in total. The zero-order valence-electron chi connectivity index (χ0n) is 22.2. The first-order valence-corrected chi connectivity index (χ1v) is 13.1. The second kappa shape index (κ2) is 9.77. The lowest BCUT2D eigenvalue weighted by atomic mass is 9.52. The molecule has 0 bridgehead atoms. The number of hydrogen-bond acceptors (Lipinski definition) is 10. The fraction of sp³-hybridized carbons (Fsp3) is 0.593. The Morgan fingerprint density at radius 3 is 2.24 bits per heavy atom. The lowest BCUT2D eigenvalue weighted by Crippen LogP contribution is -2.74. The maximum Gasteiger partial charge on any atom is 0.235 e. The van der Waals surface area contributed by atoms with Crippen molar-refractivity contribution in [2.24, 2.45) is 29.4 Å². The Morgan fingerprint density at radius 1 is 1.11 bits per heavy atom. The largest absolute Gasteiger partial charge is 0.505 e. The highest BCUT2D eigenvalue weighted by molar-refractivity contribution is 6.32. The molecule has 3 aliphatic carbocycles. The minimum atomic E-state index is -2.74. The highest BCUT2D eigenvalue weighted by Gasteiger charge is 2.69. The summed E-state index contributed by atoms with van der Waals surface area (Å²) in [5, 5.41) is 22.5. The normalized spacial score (nSPS) is 30.6. The van der Waals surface area contributed by atoms with E-state index in [1.165, 1.54) is 4.90 Å². The lowest BCUT2D eigenvalue weighted by molar-refractivity contribution is -0.181. The summed E-state index contributed by atoms with van der Waals surface area (Å²) in [5.74, 6) is -10.8. The number of aromatic hydroxyl groups is 1. The van der Waals surface area contributed by atoms with Crippen molar-refractivity contribution in [1.29, 1.82) is 0 Å². The van der Waals surface area contributed by atoms with Gasteiger partial charge in [0.15, 0.2) is 34.7 Å². The fourth-order valence-corrected chi connectivity index (χ4v) is 6.85. The third-order valence-corrected chi connectivity index (χ3v) is 8.40. The standard InChI is InChI=1S/C27H36N4O7/c1-5-7-31(8-6-2)16-11-15(28)21(32)18-13(16)9-12-10-14-20(30(3)4)23(34)19(26(29)37)25(36)27(14,38)24(35)17(12)22(18)33/h11-12,14,17,19-20,32,38H,5-10,28H2,1-4H3,(H2,29,37)/t12?,14?,17?,19?,20-,27-/m0/s1. The number of likely N-dealkylation sites (N-methyl/N-ethyl adjacent to an activating group) is 1. The highest BCUT2D eigenvalue weighted by atomic mass is 16.3. The number of ketones is 4. The van der Waals surface area contributed by atoms with E-state index in [4.69, 9.17) is 11.5 Å². The lowest BCUT2D eigenvalue weighted by Gasteiger charge is -2.52. The number of nitrogens with zero attached hydrogens (tertiary/aromatic N) is 2. The molecule has 3 aliphatic rings. The molecule has 1 amide bonds. The van der Waals surface area contributed by atoms with Crippen LogP contribution >= 0.6 is 0 Å². The molecule has 11 nitrogen and oxygen atoms in total. The Morgan fingerprint density at radius 2 is 1.71 bits per heavy atom. The molecular formula is C27H36N4O7. The summed E-state index contributed by atoms with van der Waals surface area (Å²) >= 11 is 0. The number of aliphatic hydroxyl groups is 1. The van der Waals surface area contributed by atoms with E-state index in [-0.39, 0.29) is 24.1 Å². The molecule has 0 spiro atoms. The number of hydrogen-bond donors (Lipinski definition) is 4. The fourth-order valence-electron chi connectivity index (χ4n) is 6.85. The molecule has 2 saturated carbocycles. The third-order valence-electron chi connectivity index (χ3n) is 8.40. The molecule has 206 valence electrons. The molecule has 0 radical (unpaired) electrons. The van der Waals surface area contributed by atoms with Crippen molar-refractivity contribution in [3.8, 4) is 5.75 Å². The van der Waals surface area contributed by atoms with Gasteiger partial charge in [-0.3, -0.25) is 28.9 Å². The van der Waals surface area contributed by atoms with Gasteiger partial charge in [-0.1, -0.05) is 13.8 Å². The van der Waals surface area contributed by atoms with Gasteiger partial charge in [0.1, 0.15) is 5.75 Å². The minimum absolute atomic E-state index is 0.00995. The summed E-state index contributed by atoms with van der Waals surface area (Å²) < 4.78 is 0. The molecule has 1 aromatic rings. The summed E-state index contributed by atoms with van der Waals surface area (Å²) in [7, 11) is 3.11. The van der Waals surface area contributed by atoms with Crippen LogP contribution in [0.15, 0.2) is 6.07 Å². The topological polar surface area (TPSA) is 184 Å². The maximum absolute atomic E-state index is 13.9. The van der Waals surface area contributed by atoms with Crippen LogP contribution in [0.2, 0.25) is 0 Å². The summed E-state index contributed by atoms with van der Waals surface area (Å²) in [5.41, 5.74) is 9.88. The molecule has 38 heavy (non-hydrogen) atoms. The number of nitrogen functional groups attached to an aromatic ring is 1. The Kier molecular flexibility index (Phi) is 7.13. The van der Waals surface area contributed by atoms with Gasteiger partial charge in [0, 0.05) is 24.7 Å². The summed E-state index contributed by atoms with van der Waals surface area (Å²) in [4.78, 5) is 70.0. The first kappa shape index (κ1) is 27.7. The first-order valence-electron chi connectivity index (χ1n) is 13.1. The number of benzene rings is 1. The van der Waals surface area contributed by atoms with Crippen LogP contribution < -0.4 is 16.4 Å². The van der Waals surface area contributed by atoms with Gasteiger partial charge in [-0.05, 0) is 57.3 Å². The van der Waals surface area contributed by atoms with E-state index in [9.17, 15) is 34.2 Å². The molecule has 11 heteroatoms. The van der Waals surface area contributed by atoms with E-state index in [0.29, 0.717) is 24.3 Å². The van der Waals surface area contributed by atoms with Crippen LogP contribution in [0.1, 0.15) is 49.0 Å². The monoisotopic (exact) mass is 528 g/mol. The Labute approximate surface area is 221 Å². The molecule has 0 saturated heterocycles. The number of carbonyl (C=O) groups excluding carboxylic acids is 5. The minimum Gasteiger partial charge on any atom is -0.505 e. The number of amides is 1. The van der Waals surface area contributed by atoms with E-state index >= 15 is 0 Å². The first-order chi connectivity index (χ1) is 17.8. The number of rotatable bonds is 7. The van der Waals surface area contributed by atoms with Crippen molar-refractivity contribution in [3.63, 3.8) is 0 Å². The van der Waals surface area contributed by atoms with Gasteiger partial charge < -0.3 is 26.6 Å². The maximum atomic E-state index is 13.9. The van der Waals surface area contributed by atoms with Crippen LogP contribution in [0.4, 0.5) is 11.4 Å². The van der Waals surface area contributed by atoms with Crippen LogP contribution in [0.25, 0.3) is 0 Å². The van der Waals surface area contributed by atoms with Gasteiger partial charge in [0.25, 0.3) is 0 Å². The predicted molar refractivity (Wildman–Crippen MR) is 139 cm³/mol. The molecule has 4 unspecified atom stereocenters. The average Bonchev–Trinajstić information content (AvgIpc) is 2.83. The zero-order valence-corrected chi connectivity index (χ0v) is 22.2. The number of nitrogens with two attached hydrogens (primary N) is 2. The van der Waals surface area contributed by atoms with Crippen molar-refractivity contribution >= 4 is 40.4 Å². The molecule has 0 aromatic heterocycles. The van der Waals surface area contributed by atoms with Gasteiger partial charge in [-0.15, -0.1) is 0 Å². The van der Waals surface area contributed by atoms with Gasteiger partial charge in [-0.25, -0.2) is 0 Å². The number of phenolic OH excluding ortho intramolecular Hbond substituents is 1. The van der Waals surface area contributed by atoms with Crippen molar-refractivity contribution in [2.75, 3.05) is 37.8 Å². The Hall–Kier alpha value is -3.31. The van der Waals surface area contributed by atoms with Gasteiger partial charge in [-0.2, -0.15) is 0 Å². The molecule has 1 aromatic carbocycles. The summed E-state index contributed by atoms with van der Waals surface area (Å²) in [6.07, 6.45) is 1.88. The van der Waals surface area contributed by atoms with E-state index in [1.807, 2.05) is 13.8 Å². The van der Waals surface area contributed by atoms with E-state index in [0.717, 1.165) is 12.8 Å². The van der Waals surface area contributed by atoms with E-state index in [2.05, 4.69) is 4.90 Å². The summed E-state index contributed by atoms with van der Waals surface area (Å²) in [6.45, 7) is 5.43. The van der Waals surface area contributed by atoms with Crippen molar-refractivity contribution in [2.45, 2.75) is 51.2 Å². The van der Waals surface area contributed by atoms with Crippen LogP contribution in [0.5, 0.6) is 5.75 Å². The van der Waals surface area contributed by atoms with Crippen LogP contribution in [0.3, 0.4) is 0 Å². The van der Waals surface area contributed by atoms with Crippen LogP contribution in [0, 0.1) is 23.7 Å². The second-order valence-electron chi connectivity index (χ2n) is 11.0. The average molecular weight is 529 g/mol. The molecule has 4 rings (SSSR count). The number of phenols is 1. The van der Waals surface area contributed by atoms with Gasteiger partial charge >= 0.3 is 0 Å². The van der Waals surface area contributed by atoms with Gasteiger partial charge in [0.05, 0.1) is 23.2 Å². The Balaban J connectivity index is 1.89. The van der Waals surface area contributed by atoms with E-state index < -0.39 is 70.1 Å². The van der Waals surface area contributed by atoms with Gasteiger partial charge in [0.2, 0.25) is 5.91 Å². The second-order valence-corrected chi connectivity index (χ2v) is 11.0. The zero-order chi connectivity index (χ0) is 28.3. The number of fused-ring (bicyclic) bond motifs is 3. The number of carbonyl (C=O) groups is 5. The molecule has 6 atom stereocenters. The highest BCUT2D eigenvalue weighted by Crippen LogP contribution is 2.52. The molecule has 0 heterocycles. The van der Waals surface area contributed by atoms with Crippen LogP contribution in [-0.4, -0.2) is 83.0 Å². The van der Waals surface area contributed by atoms with Crippen LogP contribution in [-0.2, 0) is 25.6 Å². The van der Waals surface area contributed by atoms with Crippen molar-refractivity contribution in [1.82, 2.24) is 4.90 Å². The van der Waals surface area contributed by atoms with E-state index in [1.54, 1.807) is 20.2 Å². The predicted octanol–water partition coefficient (Wildman–Crippen LogP) is 0.0756. The number of anilines is 2. The third kappa shape index (κ3) is 3.82. The molecule has 2 fully saturated rings. The quantitative estimate of drug-likeness (QED) is 0.215.